The Kier molecular flexibility index (Phi) is 5.84. The molecule has 0 spiro atoms. The molecular formula is C18H31N3OS. The molecule has 2 N–H and O–H groups in total. The molecule has 1 aromatic heterocycles. The highest BCUT2D eigenvalue weighted by atomic mass is 32.2. The topological polar surface area (TPSA) is 46.1 Å². The Bertz CT molecular complexity index is 494. The van der Waals surface area contributed by atoms with Crippen LogP contribution in [0.4, 0.5) is 0 Å². The van der Waals surface area contributed by atoms with Crippen molar-refractivity contribution in [1.82, 2.24) is 15.2 Å². The van der Waals surface area contributed by atoms with Crippen molar-refractivity contribution in [2.45, 2.75) is 70.1 Å². The molecule has 1 aliphatic heterocycles. The van der Waals surface area contributed by atoms with Crippen molar-refractivity contribution in [3.63, 3.8) is 0 Å². The fraction of sp³-hybridized carbons (Fsp3) is 0.722. The third kappa shape index (κ3) is 5.28. The maximum Gasteiger partial charge on any atom is 0.243 e. The van der Waals surface area contributed by atoms with Crippen molar-refractivity contribution in [3.05, 3.63) is 24.5 Å². The highest BCUT2D eigenvalue weighted by Gasteiger charge is 2.38. The Labute approximate surface area is 144 Å². The summed E-state index contributed by atoms with van der Waals surface area (Å²) in [7, 11) is 0. The highest BCUT2D eigenvalue weighted by molar-refractivity contribution is 7.98. The largest absolute Gasteiger partial charge is 0.351 e. The average Bonchev–Trinajstić information content (AvgIpc) is 2.89. The van der Waals surface area contributed by atoms with Gasteiger partial charge < -0.3 is 15.2 Å². The molecule has 2 rings (SSSR count). The third-order valence-electron chi connectivity index (χ3n) is 4.42. The number of hydrogen-bond donors (Lipinski definition) is 2. The van der Waals surface area contributed by atoms with E-state index < -0.39 is 0 Å². The van der Waals surface area contributed by atoms with Gasteiger partial charge in [0.25, 0.3) is 0 Å². The van der Waals surface area contributed by atoms with E-state index in [4.69, 9.17) is 0 Å². The van der Waals surface area contributed by atoms with Gasteiger partial charge in [-0.2, -0.15) is 11.8 Å². The Balaban J connectivity index is 2.06. The lowest BCUT2D eigenvalue weighted by atomic mass is 9.79. The van der Waals surface area contributed by atoms with Crippen LogP contribution in [-0.2, 0) is 4.79 Å². The maximum atomic E-state index is 12.9. The first kappa shape index (κ1) is 18.4. The fourth-order valence-corrected chi connectivity index (χ4v) is 4.38. The lowest BCUT2D eigenvalue weighted by molar-refractivity contribution is -0.125. The van der Waals surface area contributed by atoms with Crippen LogP contribution in [0.1, 0.15) is 53.0 Å². The molecule has 1 aliphatic rings. The summed E-state index contributed by atoms with van der Waals surface area (Å²) in [4.78, 5) is 12.9. The van der Waals surface area contributed by atoms with Gasteiger partial charge in [0.15, 0.2) is 0 Å². The third-order valence-corrected chi connectivity index (χ3v) is 5.07. The lowest BCUT2D eigenvalue weighted by Crippen LogP contribution is -2.62. The van der Waals surface area contributed by atoms with E-state index in [0.29, 0.717) is 0 Å². The second kappa shape index (κ2) is 7.31. The van der Waals surface area contributed by atoms with Gasteiger partial charge in [-0.05, 0) is 71.1 Å². The summed E-state index contributed by atoms with van der Waals surface area (Å²) >= 11 is 1.79. The van der Waals surface area contributed by atoms with Crippen LogP contribution < -0.4 is 10.6 Å². The van der Waals surface area contributed by atoms with Gasteiger partial charge >= 0.3 is 0 Å². The minimum absolute atomic E-state index is 0.0436. The maximum absolute atomic E-state index is 12.9. The normalized spacial score (nSPS) is 21.8. The van der Waals surface area contributed by atoms with Crippen molar-refractivity contribution < 1.29 is 4.79 Å². The van der Waals surface area contributed by atoms with Gasteiger partial charge in [-0.3, -0.25) is 4.79 Å². The number of aromatic nitrogens is 1. The summed E-state index contributed by atoms with van der Waals surface area (Å²) < 4.78 is 2.03. The molecule has 23 heavy (non-hydrogen) atoms. The Morgan fingerprint density at radius 1 is 1.26 bits per heavy atom. The molecule has 0 aromatic carbocycles. The van der Waals surface area contributed by atoms with Crippen LogP contribution >= 0.6 is 11.8 Å². The molecule has 5 heteroatoms. The van der Waals surface area contributed by atoms with Gasteiger partial charge in [0.2, 0.25) is 5.91 Å². The van der Waals surface area contributed by atoms with E-state index in [0.717, 1.165) is 25.0 Å². The smallest absolute Gasteiger partial charge is 0.243 e. The van der Waals surface area contributed by atoms with E-state index in [1.54, 1.807) is 11.8 Å². The van der Waals surface area contributed by atoms with Crippen LogP contribution in [0.3, 0.4) is 0 Å². The van der Waals surface area contributed by atoms with Gasteiger partial charge in [0.1, 0.15) is 6.04 Å². The Hall–Kier alpha value is -0.940. The van der Waals surface area contributed by atoms with Gasteiger partial charge in [-0.1, -0.05) is 0 Å². The molecule has 1 fully saturated rings. The molecule has 1 saturated heterocycles. The molecule has 1 aromatic rings. The summed E-state index contributed by atoms with van der Waals surface area (Å²) in [5, 5.41) is 6.98. The summed E-state index contributed by atoms with van der Waals surface area (Å²) in [6.07, 6.45) is 8.84. The summed E-state index contributed by atoms with van der Waals surface area (Å²) in [6, 6.07) is 4.08. The van der Waals surface area contributed by atoms with Crippen molar-refractivity contribution in [2.75, 3.05) is 12.0 Å². The number of amides is 1. The number of thioether (sulfide) groups is 1. The first-order valence-electron chi connectivity index (χ1n) is 8.43. The van der Waals surface area contributed by atoms with E-state index in [-0.39, 0.29) is 29.1 Å². The monoisotopic (exact) mass is 337 g/mol. The number of piperidine rings is 1. The zero-order valence-corrected chi connectivity index (χ0v) is 15.9. The van der Waals surface area contributed by atoms with Crippen LogP contribution in [0, 0.1) is 0 Å². The van der Waals surface area contributed by atoms with Crippen molar-refractivity contribution in [1.29, 1.82) is 0 Å². The molecule has 0 aliphatic carbocycles. The summed E-state index contributed by atoms with van der Waals surface area (Å²) in [5.74, 6) is 1.13. The van der Waals surface area contributed by atoms with E-state index in [1.807, 2.05) is 29.1 Å². The molecule has 0 bridgehead atoms. The van der Waals surface area contributed by atoms with Gasteiger partial charge in [0.05, 0.1) is 0 Å². The van der Waals surface area contributed by atoms with Gasteiger partial charge in [-0.25, -0.2) is 0 Å². The summed E-state index contributed by atoms with van der Waals surface area (Å²) in [5.41, 5.74) is 0.0871. The zero-order valence-electron chi connectivity index (χ0n) is 15.1. The lowest BCUT2D eigenvalue weighted by Gasteiger charge is -2.46. The van der Waals surface area contributed by atoms with Crippen LogP contribution in [0.5, 0.6) is 0 Å². The molecule has 130 valence electrons. The van der Waals surface area contributed by atoms with E-state index >= 15 is 0 Å². The Morgan fingerprint density at radius 2 is 1.83 bits per heavy atom. The van der Waals surface area contributed by atoms with Crippen LogP contribution in [0.2, 0.25) is 0 Å². The van der Waals surface area contributed by atoms with Crippen LogP contribution in [0.25, 0.3) is 0 Å². The molecule has 0 radical (unpaired) electrons. The number of nitrogens with zero attached hydrogens (tertiary/aromatic N) is 1. The minimum Gasteiger partial charge on any atom is -0.351 e. The quantitative estimate of drug-likeness (QED) is 0.838. The average molecular weight is 338 g/mol. The van der Waals surface area contributed by atoms with Crippen molar-refractivity contribution in [2.24, 2.45) is 0 Å². The van der Waals surface area contributed by atoms with Gasteiger partial charge in [-0.15, -0.1) is 0 Å². The first-order valence-corrected chi connectivity index (χ1v) is 9.83. The molecule has 1 atom stereocenters. The predicted octanol–water partition coefficient (Wildman–Crippen LogP) is 3.21. The molecule has 0 unspecified atom stereocenters. The standard InChI is InChI=1S/C18H31N3OS/c1-17(2)12-14(13-18(3,4)20-17)19-16(22)15(8-11-23-5)21-9-6-7-10-21/h6-7,9-10,14-15,20H,8,11-13H2,1-5H3,(H,19,22)/t15-/m1/s1. The van der Waals surface area contributed by atoms with Crippen LogP contribution in [-0.4, -0.2) is 39.6 Å². The van der Waals surface area contributed by atoms with Crippen LogP contribution in [0.15, 0.2) is 24.5 Å². The molecule has 4 nitrogen and oxygen atoms in total. The summed E-state index contributed by atoms with van der Waals surface area (Å²) in [6.45, 7) is 8.85. The number of carbonyl (C=O) groups is 1. The second-order valence-corrected chi connectivity index (χ2v) is 8.92. The number of hydrogen-bond acceptors (Lipinski definition) is 3. The number of carbonyl (C=O) groups excluding carboxylic acids is 1. The molecule has 1 amide bonds. The highest BCUT2D eigenvalue weighted by Crippen LogP contribution is 2.29. The fourth-order valence-electron chi connectivity index (χ4n) is 3.92. The van der Waals surface area contributed by atoms with E-state index in [1.165, 1.54) is 0 Å². The molecule has 2 heterocycles. The number of rotatable bonds is 6. The van der Waals surface area contributed by atoms with E-state index in [2.05, 4.69) is 44.6 Å². The van der Waals surface area contributed by atoms with Gasteiger partial charge in [0, 0.05) is 29.5 Å². The molecule has 0 saturated carbocycles. The first-order chi connectivity index (χ1) is 10.7. The molecular weight excluding hydrogens is 306 g/mol. The minimum atomic E-state index is -0.112. The SMILES string of the molecule is CSCC[C@H](C(=O)NC1CC(C)(C)NC(C)(C)C1)n1cccc1. The van der Waals surface area contributed by atoms with Crippen molar-refractivity contribution in [3.8, 4) is 0 Å². The van der Waals surface area contributed by atoms with E-state index in [9.17, 15) is 4.79 Å². The van der Waals surface area contributed by atoms with Crippen molar-refractivity contribution >= 4 is 17.7 Å². The second-order valence-electron chi connectivity index (χ2n) is 7.93. The zero-order chi connectivity index (χ0) is 17.1. The number of nitrogens with one attached hydrogen (secondary N) is 2. The Morgan fingerprint density at radius 3 is 2.35 bits per heavy atom. The predicted molar refractivity (Wildman–Crippen MR) is 98.9 cm³/mol.